The summed E-state index contributed by atoms with van der Waals surface area (Å²) in [5.41, 5.74) is 4.72. The van der Waals surface area contributed by atoms with Gasteiger partial charge in [0.25, 0.3) is 0 Å². The Morgan fingerprint density at radius 3 is 1.56 bits per heavy atom. The summed E-state index contributed by atoms with van der Waals surface area (Å²) in [6, 6.07) is 12.2. The minimum Gasteiger partial charge on any atom is -1.00 e. The topological polar surface area (TPSA) is 40.5 Å². The van der Waals surface area contributed by atoms with Crippen molar-refractivity contribution in [1.29, 1.82) is 0 Å². The molecule has 148 valence electrons. The van der Waals surface area contributed by atoms with E-state index < -0.39 is 0 Å². The molecule has 6 heteroatoms. The van der Waals surface area contributed by atoms with Gasteiger partial charge in [-0.15, -0.1) is 0 Å². The minimum absolute atomic E-state index is 0. The standard InChI is InChI=1S/C21H24O2S2.2ClH/c22-18-7-5-14(12-16(18)20-3-1-9-24-20)11-15-6-8-19(23)17(13-15)21-4-2-10-25-21;;/h5-8,12-13,20-23H,1-4,9-11H2;2*1H. The van der Waals surface area contributed by atoms with E-state index in [4.69, 9.17) is 0 Å². The quantitative estimate of drug-likeness (QED) is 0.422. The van der Waals surface area contributed by atoms with Gasteiger partial charge in [0.2, 0.25) is 0 Å². The second kappa shape index (κ2) is 10.2. The summed E-state index contributed by atoms with van der Waals surface area (Å²) in [6.07, 6.45) is 5.74. The summed E-state index contributed by atoms with van der Waals surface area (Å²) in [5, 5.41) is 21.5. The van der Waals surface area contributed by atoms with Crippen molar-refractivity contribution in [1.82, 2.24) is 0 Å². The number of rotatable bonds is 4. The highest BCUT2D eigenvalue weighted by molar-refractivity contribution is 7.79. The molecule has 2 N–H and O–H groups in total. The van der Waals surface area contributed by atoms with E-state index in [1.165, 1.54) is 71.8 Å². The Bertz CT molecular complexity index is 694. The number of halogens is 2. The Hall–Kier alpha value is -0.680. The molecule has 2 aromatic rings. The van der Waals surface area contributed by atoms with Crippen molar-refractivity contribution < 1.29 is 35.0 Å². The first-order valence-electron chi connectivity index (χ1n) is 9.17. The van der Waals surface area contributed by atoms with Gasteiger partial charge < -0.3 is 35.0 Å². The molecule has 2 aliphatic heterocycles. The Morgan fingerprint density at radius 1 is 0.741 bits per heavy atom. The first-order chi connectivity index (χ1) is 12.2. The number of hydrogen-bond acceptors (Lipinski definition) is 2. The van der Waals surface area contributed by atoms with Crippen LogP contribution in [-0.2, 0) is 29.9 Å². The van der Waals surface area contributed by atoms with E-state index in [0.717, 1.165) is 17.5 Å². The molecule has 2 atom stereocenters. The first-order valence-corrected chi connectivity index (χ1v) is 11.5. The number of thiol groups is 2. The fourth-order valence-electron chi connectivity index (χ4n) is 3.95. The van der Waals surface area contributed by atoms with Crippen LogP contribution < -0.4 is 24.8 Å². The molecule has 2 aliphatic rings. The molecule has 2 fully saturated rings. The summed E-state index contributed by atoms with van der Waals surface area (Å²) in [5.74, 6) is 3.38. The van der Waals surface area contributed by atoms with Crippen LogP contribution in [0.2, 0.25) is 0 Å². The van der Waals surface area contributed by atoms with Gasteiger partial charge >= 0.3 is 0 Å². The average Bonchev–Trinajstić information content (AvgIpc) is 3.31. The van der Waals surface area contributed by atoms with E-state index >= 15 is 0 Å². The Balaban J connectivity index is 0.00000131. The molecular weight excluding hydrogens is 419 g/mol. The van der Waals surface area contributed by atoms with E-state index in [9.17, 15) is 10.2 Å². The number of aromatic hydroxyl groups is 2. The minimum atomic E-state index is 0. The van der Waals surface area contributed by atoms with Crippen molar-refractivity contribution >= 4 is 23.5 Å². The fourth-order valence-corrected chi connectivity index (χ4v) is 6.84. The molecule has 0 aliphatic carbocycles. The van der Waals surface area contributed by atoms with E-state index in [1.807, 2.05) is 24.3 Å². The maximum absolute atomic E-state index is 10.2. The zero-order valence-corrected chi connectivity index (χ0v) is 18.4. The van der Waals surface area contributed by atoms with Gasteiger partial charge in [-0.2, -0.15) is 0 Å². The van der Waals surface area contributed by atoms with Gasteiger partial charge in [0.05, 0.1) is 0 Å². The summed E-state index contributed by atoms with van der Waals surface area (Å²) in [6.45, 7) is 0. The number of hydrogen-bond donors (Lipinski definition) is 2. The lowest BCUT2D eigenvalue weighted by Gasteiger charge is -2.12. The predicted octanol–water partition coefficient (Wildman–Crippen LogP) is -2.00. The lowest BCUT2D eigenvalue weighted by molar-refractivity contribution is -0.00100. The monoisotopic (exact) mass is 444 g/mol. The second-order valence-electron chi connectivity index (χ2n) is 7.09. The van der Waals surface area contributed by atoms with Crippen LogP contribution in [0.1, 0.15) is 58.4 Å². The molecule has 27 heavy (non-hydrogen) atoms. The van der Waals surface area contributed by atoms with Crippen molar-refractivity contribution in [3.8, 4) is 11.5 Å². The number of phenols is 2. The molecule has 2 unspecified atom stereocenters. The van der Waals surface area contributed by atoms with E-state index in [0.29, 0.717) is 22.0 Å². The van der Waals surface area contributed by atoms with Crippen molar-refractivity contribution in [2.75, 3.05) is 11.5 Å². The van der Waals surface area contributed by atoms with Crippen LogP contribution in [0.3, 0.4) is 0 Å². The van der Waals surface area contributed by atoms with Crippen LogP contribution in [0, 0.1) is 0 Å². The predicted molar refractivity (Wildman–Crippen MR) is 110 cm³/mol. The van der Waals surface area contributed by atoms with Gasteiger partial charge in [0, 0.05) is 24.0 Å². The Labute approximate surface area is 182 Å². The van der Waals surface area contributed by atoms with Gasteiger partial charge in [-0.25, -0.2) is 0 Å². The molecule has 0 spiro atoms. The summed E-state index contributed by atoms with van der Waals surface area (Å²) in [4.78, 5) is 0. The third-order valence-corrected chi connectivity index (χ3v) is 8.38. The van der Waals surface area contributed by atoms with Gasteiger partial charge in [-0.1, -0.05) is 12.1 Å². The molecule has 0 bridgehead atoms. The molecule has 2 nitrogen and oxygen atoms in total. The van der Waals surface area contributed by atoms with Crippen molar-refractivity contribution in [3.63, 3.8) is 0 Å². The van der Waals surface area contributed by atoms with Crippen LogP contribution >= 0.6 is 0 Å². The molecule has 2 aromatic carbocycles. The molecule has 0 radical (unpaired) electrons. The molecule has 2 heterocycles. The summed E-state index contributed by atoms with van der Waals surface area (Å²) in [7, 11) is 0. The third-order valence-electron chi connectivity index (χ3n) is 5.28. The highest BCUT2D eigenvalue weighted by Gasteiger charge is 2.29. The lowest BCUT2D eigenvalue weighted by atomic mass is 9.97. The van der Waals surface area contributed by atoms with E-state index in [2.05, 4.69) is 12.1 Å². The molecule has 2 saturated heterocycles. The average molecular weight is 445 g/mol. The smallest absolute Gasteiger partial charge is 0.144 e. The SMILES string of the molecule is Oc1ccc(Cc2ccc(O)c(C3CCC[SH+]3)c2)cc1C1CCC[SH+]1.[Cl-].[Cl-]. The molecule has 4 rings (SSSR count). The lowest BCUT2D eigenvalue weighted by Crippen LogP contribution is -3.00. The first kappa shape index (κ1) is 22.6. The summed E-state index contributed by atoms with van der Waals surface area (Å²) >= 11 is 2.90. The van der Waals surface area contributed by atoms with Crippen molar-refractivity contribution in [2.45, 2.75) is 42.6 Å². The normalized spacial score (nSPS) is 21.5. The maximum atomic E-state index is 10.2. The van der Waals surface area contributed by atoms with Crippen molar-refractivity contribution in [3.05, 3.63) is 58.7 Å². The zero-order valence-electron chi connectivity index (χ0n) is 15.1. The van der Waals surface area contributed by atoms with Gasteiger partial charge in [0.15, 0.2) is 0 Å². The highest BCUT2D eigenvalue weighted by Crippen LogP contribution is 2.37. The van der Waals surface area contributed by atoms with E-state index in [-0.39, 0.29) is 24.8 Å². The Kier molecular flexibility index (Phi) is 8.54. The van der Waals surface area contributed by atoms with Crippen molar-refractivity contribution in [2.24, 2.45) is 0 Å². The molecule has 0 saturated carbocycles. The second-order valence-corrected chi connectivity index (χ2v) is 9.96. The van der Waals surface area contributed by atoms with Crippen LogP contribution in [-0.4, -0.2) is 21.7 Å². The van der Waals surface area contributed by atoms with Gasteiger partial charge in [-0.3, -0.25) is 0 Å². The number of benzene rings is 2. The molecule has 0 aromatic heterocycles. The summed E-state index contributed by atoms with van der Waals surface area (Å²) < 4.78 is 0. The van der Waals surface area contributed by atoms with Crippen LogP contribution in [0.15, 0.2) is 36.4 Å². The molecule has 0 amide bonds. The molecular formula is C21H26Cl2O2S2. The van der Waals surface area contributed by atoms with Crippen LogP contribution in [0.4, 0.5) is 0 Å². The largest absolute Gasteiger partial charge is 1.00 e. The van der Waals surface area contributed by atoms with Crippen LogP contribution in [0.25, 0.3) is 0 Å². The fraction of sp³-hybridized carbons (Fsp3) is 0.429. The van der Waals surface area contributed by atoms with Crippen LogP contribution in [0.5, 0.6) is 11.5 Å². The number of phenolic OH excluding ortho intramolecular Hbond substituents is 2. The third kappa shape index (κ3) is 5.23. The van der Waals surface area contributed by atoms with Gasteiger partial charge in [0.1, 0.15) is 33.5 Å². The van der Waals surface area contributed by atoms with Gasteiger partial charge in [-0.05, 0) is 78.2 Å². The van der Waals surface area contributed by atoms with E-state index in [1.54, 1.807) is 0 Å². The Morgan fingerprint density at radius 2 is 1.19 bits per heavy atom. The highest BCUT2D eigenvalue weighted by atomic mass is 35.5. The maximum Gasteiger partial charge on any atom is 0.144 e. The zero-order chi connectivity index (χ0) is 17.2.